The summed E-state index contributed by atoms with van der Waals surface area (Å²) in [5.74, 6) is 8.20. The van der Waals surface area contributed by atoms with Crippen molar-refractivity contribution >= 4 is 39.9 Å². The Morgan fingerprint density at radius 2 is 0.487 bits per heavy atom. The molecule has 7 aromatic rings. The van der Waals surface area contributed by atoms with E-state index in [0.717, 1.165) is 116 Å². The van der Waals surface area contributed by atoms with Crippen LogP contribution < -0.4 is 29.4 Å². The average molecular weight is 1620 g/mol. The molecule has 5 saturated carbocycles. The predicted octanol–water partition coefficient (Wildman–Crippen LogP) is 29.1. The Kier molecular flexibility index (Phi) is 24.8. The molecule has 6 atom stereocenters. The molecule has 0 aromatic heterocycles. The third-order valence-corrected chi connectivity index (χ3v) is 26.6. The van der Waals surface area contributed by atoms with E-state index in [1.54, 1.807) is 16.7 Å². The molecule has 6 unspecified atom stereocenters. The lowest BCUT2D eigenvalue weighted by molar-refractivity contribution is 0.0513. The Balaban J connectivity index is 0.000000134. The van der Waals surface area contributed by atoms with Crippen LogP contribution in [-0.2, 0) is 28.4 Å². The lowest BCUT2D eigenvalue weighted by Gasteiger charge is -2.35. The van der Waals surface area contributed by atoms with Crippen LogP contribution in [0.1, 0.15) is 292 Å². The van der Waals surface area contributed by atoms with E-state index < -0.39 is 52.3 Å². The zero-order valence-corrected chi connectivity index (χ0v) is 73.7. The summed E-state index contributed by atoms with van der Waals surface area (Å²) >= 11 is 0. The van der Waals surface area contributed by atoms with Crippen LogP contribution in [0.15, 0.2) is 239 Å². The summed E-state index contributed by atoms with van der Waals surface area (Å²) in [6.45, 7) is 19.8. The van der Waals surface area contributed by atoms with E-state index in [-0.39, 0.29) is 12.5 Å². The molecule has 0 bridgehead atoms. The van der Waals surface area contributed by atoms with Gasteiger partial charge < -0.3 is 57.8 Å². The first-order valence-corrected chi connectivity index (χ1v) is 44.8. The largest absolute Gasteiger partial charge is 0.473 e. The summed E-state index contributed by atoms with van der Waals surface area (Å²) < 4.78 is 130. The number of aryl methyl sites for hydroxylation is 6. The van der Waals surface area contributed by atoms with Gasteiger partial charge in [0, 0.05) is 85.7 Å². The standard InChI is InChI=1S/C23H33NO.C18H25NO.C18H19NO.C18H25NO.C17H23NO.C13H17NO/c1-17-11-9-10-16-21(17)24-18(2)22(19-12-5-3-6-13-19)25-23(24)20-14-7-4-8-15-20;2*1-13-9-7-8-12-17(13)19-14(2)18(20-15(19)3)16-10-5-4-6-11-16;1-13-9-7-8-12-17(13)19-14(2)15(3)20-18(19)16-10-5-4-6-11-16;1-12-8-4-7-11-16(12)18-13(2)17(19-14(18)3)15-9-5-6-10-15;1-9-7-5-6-8-13(9)14-10(2)11(3)15-12(14)4/h9-11,16,19-20,23H,3-8,12-15H2,1-2H3;7-9,12,15-16H,4-6,10-11H2,1-3H3;4-12,15H,1-3H3;7-9,12,16,18H,4-6,10-11H2,1-3H3;4,7-8,11,14-15H,5-6,9-10H2,1-3H3;5-8,12H,1-4H3/i;2*3D3;;3D3;4D3. The van der Waals surface area contributed by atoms with Crippen molar-refractivity contribution in [1.29, 1.82) is 0 Å². The fourth-order valence-corrected chi connectivity index (χ4v) is 19.8. The molecular weight excluding hydrogens is 1470 g/mol. The van der Waals surface area contributed by atoms with Crippen LogP contribution in [0.25, 0.3) is 5.76 Å². The molecule has 18 rings (SSSR count). The summed E-state index contributed by atoms with van der Waals surface area (Å²) in [5.41, 5.74) is 20.2. The molecule has 5 fully saturated rings. The maximum absolute atomic E-state index is 7.91. The van der Waals surface area contributed by atoms with Crippen molar-refractivity contribution in [2.24, 2.45) is 29.6 Å². The lowest BCUT2D eigenvalue weighted by atomic mass is 9.87. The van der Waals surface area contributed by atoms with Crippen molar-refractivity contribution in [3.05, 3.63) is 278 Å². The Morgan fingerprint density at radius 1 is 0.235 bits per heavy atom. The van der Waals surface area contributed by atoms with Crippen LogP contribution in [0.2, 0.25) is 0 Å². The Hall–Kier alpha value is -9.42. The van der Waals surface area contributed by atoms with Crippen LogP contribution in [0, 0.1) is 71.1 Å². The maximum atomic E-state index is 7.91. The predicted molar refractivity (Wildman–Crippen MR) is 496 cm³/mol. The molecule has 5 aliphatic carbocycles. The highest BCUT2D eigenvalue weighted by Gasteiger charge is 2.43. The normalized spacial score (nSPS) is 25.1. The summed E-state index contributed by atoms with van der Waals surface area (Å²) in [5, 5.41) is 0. The third kappa shape index (κ3) is 20.1. The molecule has 0 amide bonds. The van der Waals surface area contributed by atoms with Crippen molar-refractivity contribution in [2.45, 2.75) is 316 Å². The van der Waals surface area contributed by atoms with Gasteiger partial charge in [0.15, 0.2) is 37.4 Å². The minimum atomic E-state index is -2.25. The summed E-state index contributed by atoms with van der Waals surface area (Å²) in [7, 11) is 0. The number of allylic oxidation sites excluding steroid dienone is 11. The van der Waals surface area contributed by atoms with E-state index in [2.05, 4.69) is 92.9 Å². The molecule has 0 radical (unpaired) electrons. The van der Waals surface area contributed by atoms with Gasteiger partial charge in [-0.05, 0) is 258 Å². The van der Waals surface area contributed by atoms with E-state index in [0.29, 0.717) is 41.1 Å². The molecule has 12 heteroatoms. The summed E-state index contributed by atoms with van der Waals surface area (Å²) in [6, 6.07) is 58.4. The van der Waals surface area contributed by atoms with Gasteiger partial charge in [0.05, 0.1) is 34.2 Å². The molecule has 11 aliphatic rings. The highest BCUT2D eigenvalue weighted by atomic mass is 16.5. The first-order chi connectivity index (χ1) is 62.4. The molecule has 119 heavy (non-hydrogen) atoms. The van der Waals surface area contributed by atoms with Gasteiger partial charge >= 0.3 is 0 Å². The van der Waals surface area contributed by atoms with Crippen molar-refractivity contribution in [3.8, 4) is 0 Å². The average Bonchev–Trinajstić information content (AvgIpc) is 1.62. The van der Waals surface area contributed by atoms with Crippen molar-refractivity contribution in [1.82, 2.24) is 0 Å². The molecule has 636 valence electrons. The number of nitrogens with zero attached hydrogens (tertiary/aromatic N) is 6. The van der Waals surface area contributed by atoms with Crippen LogP contribution in [-0.4, -0.2) is 37.4 Å². The number of ether oxygens (including phenoxy) is 6. The summed E-state index contributed by atoms with van der Waals surface area (Å²) in [6.07, 6.45) is 27.3. The zero-order chi connectivity index (χ0) is 94.0. The second-order valence-electron chi connectivity index (χ2n) is 34.7. The van der Waals surface area contributed by atoms with Gasteiger partial charge in [-0.25, -0.2) is 0 Å². The molecule has 6 heterocycles. The minimum absolute atomic E-state index is 0.205. The SMILES string of the molecule is CC1=C(C)N(c2ccccc2C)C(C2CCCCC2)O1.CC1=C(C2CCCCC2)OC(C2CCCCC2)N1c1ccccc1C.[2H]C([2H])([2H])C1OC(C)=C(C)N1c1ccccc1C.[2H]C([2H])([2H])C1OC(C2CCCC2)=C(C)N1c1ccccc1C.[2H]C([2H])([2H])C1OC(C2CCCCC2)=C(C)N1c1ccccc1C.[2H]C([2H])([2H])C1OC(c2ccccc2)=C(C)N1c1ccccc1C. The van der Waals surface area contributed by atoms with E-state index in [4.69, 9.17) is 44.9 Å². The number of anilines is 6. The molecule has 7 aromatic carbocycles. The fourth-order valence-electron chi connectivity index (χ4n) is 19.8. The van der Waals surface area contributed by atoms with Gasteiger partial charge in [0.25, 0.3) is 0 Å². The smallest absolute Gasteiger partial charge is 0.178 e. The second-order valence-corrected chi connectivity index (χ2v) is 34.7. The van der Waals surface area contributed by atoms with Gasteiger partial charge in [-0.3, -0.25) is 0 Å². The molecule has 0 saturated heterocycles. The summed E-state index contributed by atoms with van der Waals surface area (Å²) in [4.78, 5) is 12.3. The van der Waals surface area contributed by atoms with Gasteiger partial charge in [-0.1, -0.05) is 229 Å². The van der Waals surface area contributed by atoms with Gasteiger partial charge in [0.1, 0.15) is 34.6 Å². The Labute approximate surface area is 733 Å². The second kappa shape index (κ2) is 40.8. The quantitative estimate of drug-likeness (QED) is 0.117. The van der Waals surface area contributed by atoms with Crippen LogP contribution in [0.3, 0.4) is 0 Å². The molecule has 6 aliphatic heterocycles. The van der Waals surface area contributed by atoms with Crippen molar-refractivity contribution in [2.75, 3.05) is 29.4 Å². The molecular formula is C107H142N6O6. The number of hydrogen-bond donors (Lipinski definition) is 0. The van der Waals surface area contributed by atoms with Crippen LogP contribution in [0.4, 0.5) is 34.1 Å². The molecule has 0 N–H and O–H groups in total. The number of para-hydroxylation sites is 6. The van der Waals surface area contributed by atoms with E-state index in [1.165, 1.54) is 168 Å². The van der Waals surface area contributed by atoms with E-state index >= 15 is 0 Å². The third-order valence-electron chi connectivity index (χ3n) is 26.6. The molecule has 12 nitrogen and oxygen atoms in total. The zero-order valence-electron chi connectivity index (χ0n) is 85.7. The Bertz CT molecular complexity index is 5220. The first kappa shape index (κ1) is 72.4. The monoisotopic (exact) mass is 1620 g/mol. The fraction of sp³-hybridized carbons (Fsp3) is 0.495. The van der Waals surface area contributed by atoms with E-state index in [1.807, 2.05) is 193 Å². The van der Waals surface area contributed by atoms with Crippen molar-refractivity contribution in [3.63, 3.8) is 0 Å². The molecule has 0 spiro atoms. The Morgan fingerprint density at radius 3 is 0.849 bits per heavy atom. The van der Waals surface area contributed by atoms with Gasteiger partial charge in [-0.15, -0.1) is 0 Å². The highest BCUT2D eigenvalue weighted by molar-refractivity contribution is 5.73. The van der Waals surface area contributed by atoms with Crippen LogP contribution >= 0.6 is 0 Å². The number of benzene rings is 7. The van der Waals surface area contributed by atoms with Crippen LogP contribution in [0.5, 0.6) is 0 Å². The van der Waals surface area contributed by atoms with Gasteiger partial charge in [0.2, 0.25) is 0 Å². The topological polar surface area (TPSA) is 74.8 Å². The highest BCUT2D eigenvalue weighted by Crippen LogP contribution is 2.49. The van der Waals surface area contributed by atoms with E-state index in [9.17, 15) is 0 Å². The number of hydrogen-bond acceptors (Lipinski definition) is 12. The van der Waals surface area contributed by atoms with Crippen molar-refractivity contribution < 1.29 is 44.9 Å². The maximum Gasteiger partial charge on any atom is 0.178 e. The first-order valence-electron chi connectivity index (χ1n) is 50.8. The number of rotatable bonds is 12. The lowest BCUT2D eigenvalue weighted by Crippen LogP contribution is -2.38. The minimum Gasteiger partial charge on any atom is -0.473 e. The van der Waals surface area contributed by atoms with Gasteiger partial charge in [-0.2, -0.15) is 0 Å².